The van der Waals surface area contributed by atoms with E-state index in [-0.39, 0.29) is 0 Å². The van der Waals surface area contributed by atoms with Crippen molar-refractivity contribution in [3.63, 3.8) is 0 Å². The van der Waals surface area contributed by atoms with Gasteiger partial charge in [-0.3, -0.25) is 0 Å². The zero-order valence-corrected chi connectivity index (χ0v) is 12.9. The lowest BCUT2D eigenvalue weighted by atomic mass is 9.93. The summed E-state index contributed by atoms with van der Waals surface area (Å²) in [5, 5.41) is 3.17. The number of rotatable bonds is 4. The van der Waals surface area contributed by atoms with Crippen molar-refractivity contribution in [2.75, 3.05) is 6.61 Å². The van der Waals surface area contributed by atoms with Gasteiger partial charge in [-0.05, 0) is 30.9 Å². The Morgan fingerprint density at radius 1 is 1.21 bits per heavy atom. The lowest BCUT2D eigenvalue weighted by Crippen LogP contribution is -2.11. The first kappa shape index (κ1) is 14.1. The molecule has 2 nitrogen and oxygen atoms in total. The first-order valence-electron chi connectivity index (χ1n) is 6.60. The Morgan fingerprint density at radius 2 is 1.95 bits per heavy atom. The molecule has 0 aliphatic heterocycles. The monoisotopic (exact) mass is 275 g/mol. The van der Waals surface area contributed by atoms with Gasteiger partial charge >= 0.3 is 0 Å². The third-order valence-electron chi connectivity index (χ3n) is 2.89. The normalized spacial score (nSPS) is 11.6. The molecule has 0 radical (unpaired) electrons. The fraction of sp³-hybridized carbons (Fsp3) is 0.438. The minimum Gasteiger partial charge on any atom is -0.493 e. The number of aromatic nitrogens is 1. The van der Waals surface area contributed by atoms with Gasteiger partial charge < -0.3 is 4.74 Å². The van der Waals surface area contributed by atoms with Crippen LogP contribution in [0.3, 0.4) is 0 Å². The summed E-state index contributed by atoms with van der Waals surface area (Å²) in [6, 6.07) is 8.13. The van der Waals surface area contributed by atoms with E-state index in [0.717, 1.165) is 35.0 Å². The molecule has 3 heteroatoms. The number of hydrogen-bond acceptors (Lipinski definition) is 3. The first-order valence-corrected chi connectivity index (χ1v) is 7.48. The number of ether oxygens (including phenoxy) is 1. The van der Waals surface area contributed by atoms with Gasteiger partial charge in [-0.2, -0.15) is 0 Å². The van der Waals surface area contributed by atoms with Crippen molar-refractivity contribution in [1.29, 1.82) is 0 Å². The number of nitrogens with zero attached hydrogens (tertiary/aromatic N) is 1. The van der Waals surface area contributed by atoms with Crippen LogP contribution in [0, 0.1) is 12.3 Å². The third-order valence-corrected chi connectivity index (χ3v) is 3.67. The van der Waals surface area contributed by atoms with Gasteiger partial charge in [0.05, 0.1) is 17.3 Å². The molecule has 2 aromatic rings. The lowest BCUT2D eigenvalue weighted by Gasteiger charge is -2.18. The third kappa shape index (κ3) is 4.06. The maximum atomic E-state index is 5.94. The van der Waals surface area contributed by atoms with E-state index in [1.54, 1.807) is 11.3 Å². The average Bonchev–Trinajstić information content (AvgIpc) is 2.75. The molecule has 102 valence electrons. The summed E-state index contributed by atoms with van der Waals surface area (Å²) in [5.74, 6) is 0.928. The van der Waals surface area contributed by atoms with Gasteiger partial charge in [0.15, 0.2) is 0 Å². The fourth-order valence-electron chi connectivity index (χ4n) is 1.76. The Hall–Kier alpha value is -1.35. The highest BCUT2D eigenvalue weighted by molar-refractivity contribution is 7.09. The van der Waals surface area contributed by atoms with Crippen molar-refractivity contribution < 1.29 is 4.74 Å². The molecule has 0 saturated carbocycles. The molecule has 0 N–H and O–H groups in total. The Labute approximate surface area is 119 Å². The number of aryl methyl sites for hydroxylation is 1. The van der Waals surface area contributed by atoms with Gasteiger partial charge in [0.25, 0.3) is 0 Å². The SMILES string of the molecule is Cc1nc(-c2ccccc2OCCC(C)(C)C)cs1. The molecule has 2 rings (SSSR count). The molecule has 0 bridgehead atoms. The van der Waals surface area contributed by atoms with E-state index in [9.17, 15) is 0 Å². The smallest absolute Gasteiger partial charge is 0.128 e. The topological polar surface area (TPSA) is 22.1 Å². The summed E-state index contributed by atoms with van der Waals surface area (Å²) in [7, 11) is 0. The van der Waals surface area contributed by atoms with Crippen LogP contribution in [0.4, 0.5) is 0 Å². The van der Waals surface area contributed by atoms with E-state index in [0.29, 0.717) is 5.41 Å². The summed E-state index contributed by atoms with van der Waals surface area (Å²) in [6.45, 7) is 9.45. The van der Waals surface area contributed by atoms with Crippen LogP contribution in [-0.4, -0.2) is 11.6 Å². The molecule has 1 heterocycles. The Bertz CT molecular complexity index is 540. The summed E-state index contributed by atoms with van der Waals surface area (Å²) in [5.41, 5.74) is 2.39. The largest absolute Gasteiger partial charge is 0.493 e. The molecular formula is C16H21NOS. The van der Waals surface area contributed by atoms with Crippen LogP contribution in [-0.2, 0) is 0 Å². The molecule has 0 atom stereocenters. The highest BCUT2D eigenvalue weighted by Crippen LogP contribution is 2.31. The molecule has 0 saturated heterocycles. The van der Waals surface area contributed by atoms with Crippen molar-refractivity contribution >= 4 is 11.3 Å². The van der Waals surface area contributed by atoms with Gasteiger partial charge in [0, 0.05) is 10.9 Å². The minimum atomic E-state index is 0.298. The van der Waals surface area contributed by atoms with Gasteiger partial charge in [-0.25, -0.2) is 4.98 Å². The van der Waals surface area contributed by atoms with Crippen LogP contribution in [0.2, 0.25) is 0 Å². The Balaban J connectivity index is 2.13. The fourth-order valence-corrected chi connectivity index (χ4v) is 2.37. The van der Waals surface area contributed by atoms with Crippen molar-refractivity contribution in [2.24, 2.45) is 5.41 Å². The van der Waals surface area contributed by atoms with Crippen molar-refractivity contribution in [1.82, 2.24) is 4.98 Å². The standard InChI is InChI=1S/C16H21NOS/c1-12-17-14(11-19-12)13-7-5-6-8-15(13)18-10-9-16(2,3)4/h5-8,11H,9-10H2,1-4H3. The number of hydrogen-bond donors (Lipinski definition) is 0. The zero-order chi connectivity index (χ0) is 13.9. The van der Waals surface area contributed by atoms with Crippen LogP contribution in [0.1, 0.15) is 32.2 Å². The van der Waals surface area contributed by atoms with Crippen LogP contribution < -0.4 is 4.74 Å². The molecule has 1 aromatic heterocycles. The minimum absolute atomic E-state index is 0.298. The molecule has 0 spiro atoms. The van der Waals surface area contributed by atoms with Crippen molar-refractivity contribution in [3.05, 3.63) is 34.7 Å². The lowest BCUT2D eigenvalue weighted by molar-refractivity contribution is 0.243. The highest BCUT2D eigenvalue weighted by Gasteiger charge is 2.12. The molecule has 0 amide bonds. The van der Waals surface area contributed by atoms with E-state index in [1.165, 1.54) is 0 Å². The molecule has 0 fully saturated rings. The van der Waals surface area contributed by atoms with Crippen molar-refractivity contribution in [3.8, 4) is 17.0 Å². The summed E-state index contributed by atoms with van der Waals surface area (Å²) in [6.07, 6.45) is 1.04. The van der Waals surface area contributed by atoms with Gasteiger partial charge in [0.1, 0.15) is 5.75 Å². The highest BCUT2D eigenvalue weighted by atomic mass is 32.1. The Kier molecular flexibility index (Phi) is 4.25. The number of thiazole rings is 1. The van der Waals surface area contributed by atoms with Crippen LogP contribution >= 0.6 is 11.3 Å². The predicted octanol–water partition coefficient (Wildman–Crippen LogP) is 4.93. The van der Waals surface area contributed by atoms with Gasteiger partial charge in [0.2, 0.25) is 0 Å². The zero-order valence-electron chi connectivity index (χ0n) is 12.1. The summed E-state index contributed by atoms with van der Waals surface area (Å²) < 4.78 is 5.94. The van der Waals surface area contributed by atoms with E-state index in [2.05, 4.69) is 37.2 Å². The van der Waals surface area contributed by atoms with Crippen LogP contribution in [0.15, 0.2) is 29.6 Å². The van der Waals surface area contributed by atoms with E-state index in [1.807, 2.05) is 25.1 Å². The second-order valence-electron chi connectivity index (χ2n) is 5.91. The van der Waals surface area contributed by atoms with Gasteiger partial charge in [-0.1, -0.05) is 32.9 Å². The molecule has 0 aliphatic carbocycles. The molecule has 0 aliphatic rings. The molecule has 0 unspecified atom stereocenters. The number of para-hydroxylation sites is 1. The van der Waals surface area contributed by atoms with E-state index >= 15 is 0 Å². The molecule has 19 heavy (non-hydrogen) atoms. The maximum absolute atomic E-state index is 5.94. The molecular weight excluding hydrogens is 254 g/mol. The predicted molar refractivity (Wildman–Crippen MR) is 81.9 cm³/mol. The van der Waals surface area contributed by atoms with Gasteiger partial charge in [-0.15, -0.1) is 11.3 Å². The molecule has 1 aromatic carbocycles. The second kappa shape index (κ2) is 5.74. The number of benzene rings is 1. The maximum Gasteiger partial charge on any atom is 0.128 e. The van der Waals surface area contributed by atoms with E-state index < -0.39 is 0 Å². The van der Waals surface area contributed by atoms with Crippen molar-refractivity contribution in [2.45, 2.75) is 34.1 Å². The summed E-state index contributed by atoms with van der Waals surface area (Å²) >= 11 is 1.67. The second-order valence-corrected chi connectivity index (χ2v) is 6.97. The van der Waals surface area contributed by atoms with E-state index in [4.69, 9.17) is 4.74 Å². The quantitative estimate of drug-likeness (QED) is 0.789. The summed E-state index contributed by atoms with van der Waals surface area (Å²) in [4.78, 5) is 4.54. The Morgan fingerprint density at radius 3 is 2.58 bits per heavy atom. The van der Waals surface area contributed by atoms with Crippen LogP contribution in [0.25, 0.3) is 11.3 Å². The van der Waals surface area contributed by atoms with Crippen LogP contribution in [0.5, 0.6) is 5.75 Å². The average molecular weight is 275 g/mol. The first-order chi connectivity index (χ1) is 8.96.